The van der Waals surface area contributed by atoms with Crippen molar-refractivity contribution < 1.29 is 0 Å². The van der Waals surface area contributed by atoms with E-state index < -0.39 is 0 Å². The number of aromatic nitrogens is 2. The van der Waals surface area contributed by atoms with Gasteiger partial charge >= 0.3 is 0 Å². The Hall–Kier alpha value is -0.900. The molecule has 0 unspecified atom stereocenters. The van der Waals surface area contributed by atoms with Gasteiger partial charge in [0.25, 0.3) is 0 Å². The first-order valence-corrected chi connectivity index (χ1v) is 4.73. The van der Waals surface area contributed by atoms with E-state index in [4.69, 9.17) is 12.2 Å². The zero-order chi connectivity index (χ0) is 9.68. The SMILES string of the molecule is [CH2]CCCN(C(C)=S)c1ncc[nH]1. The first-order valence-electron chi connectivity index (χ1n) is 4.32. The molecule has 0 bridgehead atoms. The lowest BCUT2D eigenvalue weighted by atomic mass is 10.3. The second kappa shape index (κ2) is 4.97. The number of H-pyrrole nitrogens is 1. The van der Waals surface area contributed by atoms with Crippen LogP contribution in [0.5, 0.6) is 0 Å². The largest absolute Gasteiger partial charge is 0.331 e. The first-order chi connectivity index (χ1) is 6.25. The number of hydrogen-bond acceptors (Lipinski definition) is 2. The van der Waals surface area contributed by atoms with Crippen LogP contribution < -0.4 is 4.90 Å². The van der Waals surface area contributed by atoms with Crippen molar-refractivity contribution in [1.82, 2.24) is 9.97 Å². The fourth-order valence-corrected chi connectivity index (χ4v) is 1.26. The van der Waals surface area contributed by atoms with Crippen LogP contribution in [0.15, 0.2) is 12.4 Å². The zero-order valence-electron chi connectivity index (χ0n) is 7.79. The molecular formula is C9H14N3S. The quantitative estimate of drug-likeness (QED) is 0.749. The highest BCUT2D eigenvalue weighted by atomic mass is 32.1. The van der Waals surface area contributed by atoms with Gasteiger partial charge in [-0.1, -0.05) is 25.6 Å². The highest BCUT2D eigenvalue weighted by Crippen LogP contribution is 2.08. The third kappa shape index (κ3) is 2.81. The number of unbranched alkanes of at least 4 members (excludes halogenated alkanes) is 1. The van der Waals surface area contributed by atoms with Crippen LogP contribution in [0.3, 0.4) is 0 Å². The molecular weight excluding hydrogens is 182 g/mol. The number of thiocarbonyl (C=S) groups is 1. The molecule has 0 fully saturated rings. The summed E-state index contributed by atoms with van der Waals surface area (Å²) in [6.45, 7) is 6.58. The summed E-state index contributed by atoms with van der Waals surface area (Å²) in [7, 11) is 0. The average molecular weight is 196 g/mol. The van der Waals surface area contributed by atoms with Gasteiger partial charge in [0.15, 0.2) is 0 Å². The van der Waals surface area contributed by atoms with Crippen LogP contribution in [-0.2, 0) is 0 Å². The molecule has 0 saturated carbocycles. The summed E-state index contributed by atoms with van der Waals surface area (Å²) in [5.74, 6) is 0.820. The predicted molar refractivity (Wildman–Crippen MR) is 58.8 cm³/mol. The van der Waals surface area contributed by atoms with Gasteiger partial charge in [-0.25, -0.2) is 4.98 Å². The second-order valence-corrected chi connectivity index (χ2v) is 3.38. The van der Waals surface area contributed by atoms with Crippen LogP contribution in [0.4, 0.5) is 5.95 Å². The maximum Gasteiger partial charge on any atom is 0.207 e. The lowest BCUT2D eigenvalue weighted by Crippen LogP contribution is -2.29. The minimum atomic E-state index is 0.820. The molecule has 0 saturated heterocycles. The van der Waals surface area contributed by atoms with Crippen molar-refractivity contribution in [2.24, 2.45) is 0 Å². The third-order valence-corrected chi connectivity index (χ3v) is 1.97. The summed E-state index contributed by atoms with van der Waals surface area (Å²) < 4.78 is 0. The molecule has 4 heteroatoms. The van der Waals surface area contributed by atoms with Crippen LogP contribution >= 0.6 is 12.2 Å². The first kappa shape index (κ1) is 10.2. The lowest BCUT2D eigenvalue weighted by Gasteiger charge is -2.19. The van der Waals surface area contributed by atoms with E-state index in [-0.39, 0.29) is 0 Å². The Kier molecular flexibility index (Phi) is 3.89. The molecule has 0 aliphatic carbocycles. The number of aromatic amines is 1. The van der Waals surface area contributed by atoms with Crippen molar-refractivity contribution in [1.29, 1.82) is 0 Å². The Labute approximate surface area is 84.2 Å². The number of imidazole rings is 1. The number of anilines is 1. The smallest absolute Gasteiger partial charge is 0.207 e. The summed E-state index contributed by atoms with van der Waals surface area (Å²) in [5.41, 5.74) is 0. The van der Waals surface area contributed by atoms with E-state index >= 15 is 0 Å². The molecule has 3 nitrogen and oxygen atoms in total. The molecule has 71 valence electrons. The van der Waals surface area contributed by atoms with Gasteiger partial charge in [-0.05, 0) is 13.3 Å². The van der Waals surface area contributed by atoms with E-state index in [2.05, 4.69) is 16.9 Å². The number of nitrogens with one attached hydrogen (secondary N) is 1. The number of nitrogens with zero attached hydrogens (tertiary/aromatic N) is 2. The second-order valence-electron chi connectivity index (χ2n) is 2.79. The zero-order valence-corrected chi connectivity index (χ0v) is 8.60. The predicted octanol–water partition coefficient (Wildman–Crippen LogP) is 2.18. The van der Waals surface area contributed by atoms with Crippen molar-refractivity contribution in [2.45, 2.75) is 19.8 Å². The van der Waals surface area contributed by atoms with Crippen LogP contribution in [-0.4, -0.2) is 21.5 Å². The molecule has 0 aliphatic rings. The normalized spacial score (nSPS) is 10.0. The van der Waals surface area contributed by atoms with Gasteiger partial charge in [0.1, 0.15) is 0 Å². The average Bonchev–Trinajstić information content (AvgIpc) is 2.57. The number of hydrogen-bond donors (Lipinski definition) is 1. The van der Waals surface area contributed by atoms with E-state index in [1.807, 2.05) is 11.8 Å². The third-order valence-electron chi connectivity index (χ3n) is 1.75. The van der Waals surface area contributed by atoms with Crippen molar-refractivity contribution in [3.05, 3.63) is 19.3 Å². The Morgan fingerprint density at radius 1 is 1.77 bits per heavy atom. The molecule has 0 amide bonds. The van der Waals surface area contributed by atoms with Gasteiger partial charge in [0, 0.05) is 18.9 Å². The maximum atomic E-state index is 5.12. The standard InChI is InChI=1S/C9H14N3S/c1-3-4-7-12(8(2)13)9-10-5-6-11-9/h5-6H,1,3-4,7H2,2H3,(H,10,11). The molecule has 1 heterocycles. The van der Waals surface area contributed by atoms with E-state index in [1.54, 1.807) is 12.4 Å². The summed E-state index contributed by atoms with van der Waals surface area (Å²) in [6.07, 6.45) is 5.46. The van der Waals surface area contributed by atoms with Crippen molar-refractivity contribution >= 4 is 23.2 Å². The van der Waals surface area contributed by atoms with Crippen molar-refractivity contribution in [2.75, 3.05) is 11.4 Å². The van der Waals surface area contributed by atoms with E-state index in [9.17, 15) is 0 Å². The molecule has 1 radical (unpaired) electrons. The van der Waals surface area contributed by atoms with Crippen LogP contribution in [0, 0.1) is 6.92 Å². The molecule has 1 rings (SSSR count). The van der Waals surface area contributed by atoms with Gasteiger partial charge in [-0.2, -0.15) is 0 Å². The highest BCUT2D eigenvalue weighted by Gasteiger charge is 2.08. The summed E-state index contributed by atoms with van der Waals surface area (Å²) in [4.78, 5) is 10.0. The Morgan fingerprint density at radius 2 is 2.54 bits per heavy atom. The molecule has 0 spiro atoms. The fraction of sp³-hybridized carbons (Fsp3) is 0.444. The molecule has 1 aromatic heterocycles. The van der Waals surface area contributed by atoms with Crippen LogP contribution in [0.25, 0.3) is 0 Å². The van der Waals surface area contributed by atoms with E-state index in [0.717, 1.165) is 30.3 Å². The molecule has 0 atom stereocenters. The van der Waals surface area contributed by atoms with Gasteiger partial charge in [0.2, 0.25) is 5.95 Å². The Balaban J connectivity index is 2.63. The Bertz CT molecular complexity index is 256. The lowest BCUT2D eigenvalue weighted by molar-refractivity contribution is 0.824. The topological polar surface area (TPSA) is 31.9 Å². The van der Waals surface area contributed by atoms with Crippen molar-refractivity contribution in [3.8, 4) is 0 Å². The fourth-order valence-electron chi connectivity index (χ4n) is 1.09. The molecule has 1 N–H and O–H groups in total. The molecule has 13 heavy (non-hydrogen) atoms. The summed E-state index contributed by atoms with van der Waals surface area (Å²) >= 11 is 5.12. The highest BCUT2D eigenvalue weighted by molar-refractivity contribution is 7.80. The van der Waals surface area contributed by atoms with Gasteiger partial charge in [-0.3, -0.25) is 0 Å². The molecule has 0 aromatic carbocycles. The van der Waals surface area contributed by atoms with Gasteiger partial charge in [0.05, 0.1) is 4.99 Å². The summed E-state index contributed by atoms with van der Waals surface area (Å²) in [6, 6.07) is 0. The van der Waals surface area contributed by atoms with Crippen LogP contribution in [0.1, 0.15) is 19.8 Å². The molecule has 1 aromatic rings. The monoisotopic (exact) mass is 196 g/mol. The van der Waals surface area contributed by atoms with Gasteiger partial charge < -0.3 is 9.88 Å². The van der Waals surface area contributed by atoms with Crippen molar-refractivity contribution in [3.63, 3.8) is 0 Å². The Morgan fingerprint density at radius 3 is 3.00 bits per heavy atom. The maximum absolute atomic E-state index is 5.12. The van der Waals surface area contributed by atoms with Crippen LogP contribution in [0.2, 0.25) is 0 Å². The number of rotatable bonds is 4. The minimum absolute atomic E-state index is 0.820. The van der Waals surface area contributed by atoms with Gasteiger partial charge in [-0.15, -0.1) is 0 Å². The minimum Gasteiger partial charge on any atom is -0.331 e. The summed E-state index contributed by atoms with van der Waals surface area (Å²) in [5, 5.41) is 0. The molecule has 0 aliphatic heterocycles. The van der Waals surface area contributed by atoms with E-state index in [1.165, 1.54) is 0 Å². The van der Waals surface area contributed by atoms with E-state index in [0.29, 0.717) is 0 Å².